The molecule has 0 radical (unpaired) electrons. The highest BCUT2D eigenvalue weighted by molar-refractivity contribution is 5.97. The second kappa shape index (κ2) is 5.03. The van der Waals surface area contributed by atoms with Crippen LogP contribution in [0.25, 0.3) is 0 Å². The number of hydrogen-bond acceptors (Lipinski definition) is 3. The van der Waals surface area contributed by atoms with Crippen molar-refractivity contribution >= 4 is 5.78 Å². The third-order valence-corrected chi connectivity index (χ3v) is 2.72. The fourth-order valence-corrected chi connectivity index (χ4v) is 1.63. The molecule has 1 aromatic heterocycles. The Morgan fingerprint density at radius 2 is 2.05 bits per heavy atom. The Morgan fingerprint density at radius 3 is 2.60 bits per heavy atom. The standard InChI is InChI=1S/C12H9F4N3O/c1-19-11(17-6-18-19)5-10(20)8-4-7(12(14,15)16)2-3-9(8)13/h2-4,6H,5H2,1H3. The summed E-state index contributed by atoms with van der Waals surface area (Å²) in [5.74, 6) is -1.54. The van der Waals surface area contributed by atoms with Gasteiger partial charge in [0, 0.05) is 7.05 Å². The molecule has 0 bridgehead atoms. The average molecular weight is 287 g/mol. The number of nitrogens with zero attached hydrogens (tertiary/aromatic N) is 3. The lowest BCUT2D eigenvalue weighted by molar-refractivity contribution is -0.137. The van der Waals surface area contributed by atoms with Gasteiger partial charge in [-0.05, 0) is 18.2 Å². The van der Waals surface area contributed by atoms with Gasteiger partial charge in [-0.25, -0.2) is 9.37 Å². The molecule has 4 nitrogen and oxygen atoms in total. The Hall–Kier alpha value is -2.25. The number of aromatic nitrogens is 3. The first-order valence-electron chi connectivity index (χ1n) is 5.52. The number of halogens is 4. The van der Waals surface area contributed by atoms with Crippen LogP contribution in [0.5, 0.6) is 0 Å². The lowest BCUT2D eigenvalue weighted by Gasteiger charge is -2.09. The van der Waals surface area contributed by atoms with Crippen molar-refractivity contribution in [2.45, 2.75) is 12.6 Å². The van der Waals surface area contributed by atoms with Gasteiger partial charge < -0.3 is 0 Å². The molecule has 0 fully saturated rings. The van der Waals surface area contributed by atoms with E-state index in [4.69, 9.17) is 0 Å². The minimum atomic E-state index is -4.63. The molecule has 1 heterocycles. The van der Waals surface area contributed by atoms with Crippen LogP contribution in [0.15, 0.2) is 24.5 Å². The van der Waals surface area contributed by atoms with Crippen LogP contribution in [-0.4, -0.2) is 20.5 Å². The van der Waals surface area contributed by atoms with Gasteiger partial charge in [0.2, 0.25) is 0 Å². The molecular weight excluding hydrogens is 278 g/mol. The van der Waals surface area contributed by atoms with E-state index in [9.17, 15) is 22.4 Å². The number of Topliss-reactive ketones (excluding diaryl/α,β-unsaturated/α-hetero) is 1. The van der Waals surface area contributed by atoms with E-state index in [0.29, 0.717) is 18.2 Å². The van der Waals surface area contributed by atoms with E-state index >= 15 is 0 Å². The molecule has 2 aromatic rings. The number of benzene rings is 1. The zero-order valence-electron chi connectivity index (χ0n) is 10.3. The second-order valence-corrected chi connectivity index (χ2v) is 4.09. The van der Waals surface area contributed by atoms with E-state index in [1.807, 2.05) is 0 Å². The molecule has 0 aliphatic rings. The van der Waals surface area contributed by atoms with Gasteiger partial charge in [0.05, 0.1) is 17.5 Å². The summed E-state index contributed by atoms with van der Waals surface area (Å²) in [5, 5.41) is 3.72. The van der Waals surface area contributed by atoms with Crippen molar-refractivity contribution in [3.8, 4) is 0 Å². The molecule has 0 amide bonds. The first-order chi connectivity index (χ1) is 9.29. The number of hydrogen-bond donors (Lipinski definition) is 0. The largest absolute Gasteiger partial charge is 0.416 e. The molecular formula is C12H9F4N3O. The zero-order valence-corrected chi connectivity index (χ0v) is 10.3. The number of rotatable bonds is 3. The van der Waals surface area contributed by atoms with Crippen LogP contribution in [0.2, 0.25) is 0 Å². The average Bonchev–Trinajstić information content (AvgIpc) is 2.74. The normalized spacial score (nSPS) is 11.7. The lowest BCUT2D eigenvalue weighted by Crippen LogP contribution is -2.13. The summed E-state index contributed by atoms with van der Waals surface area (Å²) in [6.07, 6.45) is -3.76. The van der Waals surface area contributed by atoms with Crippen LogP contribution < -0.4 is 0 Å². The van der Waals surface area contributed by atoms with E-state index in [0.717, 1.165) is 0 Å². The molecule has 8 heteroatoms. The van der Waals surface area contributed by atoms with Crippen molar-refractivity contribution in [1.29, 1.82) is 0 Å². The van der Waals surface area contributed by atoms with Crippen LogP contribution in [0.4, 0.5) is 17.6 Å². The SMILES string of the molecule is Cn1ncnc1CC(=O)c1cc(C(F)(F)F)ccc1F. The van der Waals surface area contributed by atoms with Gasteiger partial charge in [0.15, 0.2) is 5.78 Å². The summed E-state index contributed by atoms with van der Waals surface area (Å²) < 4.78 is 52.4. The summed E-state index contributed by atoms with van der Waals surface area (Å²) in [5.41, 5.74) is -1.68. The Balaban J connectivity index is 2.32. The molecule has 0 saturated carbocycles. The number of carbonyl (C=O) groups is 1. The predicted molar refractivity (Wildman–Crippen MR) is 60.4 cm³/mol. The highest BCUT2D eigenvalue weighted by Gasteiger charge is 2.32. The topological polar surface area (TPSA) is 47.8 Å². The third-order valence-electron chi connectivity index (χ3n) is 2.72. The zero-order chi connectivity index (χ0) is 14.9. The molecule has 1 aromatic carbocycles. The summed E-state index contributed by atoms with van der Waals surface area (Å²) in [6, 6.07) is 1.73. The van der Waals surface area contributed by atoms with Crippen LogP contribution >= 0.6 is 0 Å². The molecule has 0 atom stereocenters. The Bertz CT molecular complexity index is 648. The molecule has 0 aliphatic heterocycles. The first-order valence-corrected chi connectivity index (χ1v) is 5.52. The highest BCUT2D eigenvalue weighted by Crippen LogP contribution is 2.30. The fraction of sp³-hybridized carbons (Fsp3) is 0.250. The van der Waals surface area contributed by atoms with Gasteiger partial charge in [-0.15, -0.1) is 0 Å². The maximum absolute atomic E-state index is 13.5. The van der Waals surface area contributed by atoms with Crippen molar-refractivity contribution in [3.63, 3.8) is 0 Å². The summed E-state index contributed by atoms with van der Waals surface area (Å²) in [4.78, 5) is 15.6. The molecule has 106 valence electrons. The minimum absolute atomic E-state index is 0.242. The molecule has 20 heavy (non-hydrogen) atoms. The van der Waals surface area contributed by atoms with Gasteiger partial charge in [-0.1, -0.05) is 0 Å². The molecule has 0 saturated heterocycles. The lowest BCUT2D eigenvalue weighted by atomic mass is 10.0. The maximum atomic E-state index is 13.5. The smallest absolute Gasteiger partial charge is 0.294 e. The van der Waals surface area contributed by atoms with Gasteiger partial charge in [0.25, 0.3) is 0 Å². The van der Waals surface area contributed by atoms with Crippen LogP contribution in [0.1, 0.15) is 21.7 Å². The number of aryl methyl sites for hydroxylation is 1. The van der Waals surface area contributed by atoms with Gasteiger partial charge in [-0.3, -0.25) is 9.48 Å². The number of carbonyl (C=O) groups excluding carboxylic acids is 1. The van der Waals surface area contributed by atoms with E-state index in [2.05, 4.69) is 10.1 Å². The van der Waals surface area contributed by atoms with Crippen LogP contribution in [-0.2, 0) is 19.6 Å². The second-order valence-electron chi connectivity index (χ2n) is 4.09. The molecule has 0 aliphatic carbocycles. The third kappa shape index (κ3) is 2.84. The number of alkyl halides is 3. The Morgan fingerprint density at radius 1 is 1.35 bits per heavy atom. The quantitative estimate of drug-likeness (QED) is 0.643. The first kappa shape index (κ1) is 14.2. The predicted octanol–water partition coefficient (Wildman–Crippen LogP) is 2.40. The van der Waals surface area contributed by atoms with Crippen molar-refractivity contribution in [2.24, 2.45) is 7.05 Å². The van der Waals surface area contributed by atoms with Crippen molar-refractivity contribution in [2.75, 3.05) is 0 Å². The minimum Gasteiger partial charge on any atom is -0.294 e. The van der Waals surface area contributed by atoms with E-state index in [1.165, 1.54) is 18.1 Å². The van der Waals surface area contributed by atoms with E-state index in [-0.39, 0.29) is 12.2 Å². The van der Waals surface area contributed by atoms with Gasteiger partial charge in [-0.2, -0.15) is 18.3 Å². The summed E-state index contributed by atoms with van der Waals surface area (Å²) in [6.45, 7) is 0. The van der Waals surface area contributed by atoms with E-state index in [1.54, 1.807) is 0 Å². The Kier molecular flexibility index (Phi) is 3.56. The highest BCUT2D eigenvalue weighted by atomic mass is 19.4. The van der Waals surface area contributed by atoms with Crippen LogP contribution in [0, 0.1) is 5.82 Å². The molecule has 0 N–H and O–H groups in total. The van der Waals surface area contributed by atoms with Crippen LogP contribution in [0.3, 0.4) is 0 Å². The van der Waals surface area contributed by atoms with Crippen molar-refractivity contribution in [3.05, 3.63) is 47.3 Å². The molecule has 0 spiro atoms. The Labute approximate surface area is 111 Å². The van der Waals surface area contributed by atoms with Crippen molar-refractivity contribution < 1.29 is 22.4 Å². The monoisotopic (exact) mass is 287 g/mol. The maximum Gasteiger partial charge on any atom is 0.416 e. The fourth-order valence-electron chi connectivity index (χ4n) is 1.63. The van der Waals surface area contributed by atoms with E-state index < -0.39 is 28.9 Å². The molecule has 2 rings (SSSR count). The summed E-state index contributed by atoms with van der Waals surface area (Å²) >= 11 is 0. The molecule has 0 unspecified atom stereocenters. The van der Waals surface area contributed by atoms with Gasteiger partial charge >= 0.3 is 6.18 Å². The summed E-state index contributed by atoms with van der Waals surface area (Å²) in [7, 11) is 1.53. The van der Waals surface area contributed by atoms with Gasteiger partial charge in [0.1, 0.15) is 18.0 Å². The number of ketones is 1. The van der Waals surface area contributed by atoms with Crippen molar-refractivity contribution in [1.82, 2.24) is 14.8 Å².